The van der Waals surface area contributed by atoms with Crippen LogP contribution in [0, 0.1) is 17.8 Å². The molecule has 1 heterocycles. The Bertz CT molecular complexity index is 587. The van der Waals surface area contributed by atoms with Crippen LogP contribution < -0.4 is 0 Å². The van der Waals surface area contributed by atoms with E-state index in [2.05, 4.69) is 13.8 Å². The predicted octanol–water partition coefficient (Wildman–Crippen LogP) is 6.25. The van der Waals surface area contributed by atoms with Gasteiger partial charge in [0.1, 0.15) is 12.0 Å². The lowest BCUT2D eigenvalue weighted by molar-refractivity contribution is -0.201. The Labute approximate surface area is 193 Å². The summed E-state index contributed by atoms with van der Waals surface area (Å²) in [6.45, 7) is 4.84. The zero-order valence-electron chi connectivity index (χ0n) is 20.0. The molecule has 0 aromatic rings. The van der Waals surface area contributed by atoms with Gasteiger partial charge in [0.2, 0.25) is 0 Å². The Hall–Kier alpha value is -1.27. The van der Waals surface area contributed by atoms with Crippen LogP contribution in [0.1, 0.15) is 97.3 Å². The fourth-order valence-electron chi connectivity index (χ4n) is 5.05. The maximum atomic E-state index is 14.0. The van der Waals surface area contributed by atoms with E-state index >= 15 is 0 Å². The third-order valence-corrected chi connectivity index (χ3v) is 6.99. The molecule has 0 aromatic heterocycles. The summed E-state index contributed by atoms with van der Waals surface area (Å²) in [4.78, 5) is 24.0. The summed E-state index contributed by atoms with van der Waals surface area (Å²) < 4.78 is 25.1. The van der Waals surface area contributed by atoms with E-state index in [1.165, 1.54) is 0 Å². The first-order valence-corrected chi connectivity index (χ1v) is 12.7. The molecular weight excluding hydrogens is 411 g/mol. The molecule has 1 saturated carbocycles. The normalized spacial score (nSPS) is 28.3. The van der Waals surface area contributed by atoms with Crippen molar-refractivity contribution in [1.82, 2.24) is 0 Å². The molecule has 2 unspecified atom stereocenters. The summed E-state index contributed by atoms with van der Waals surface area (Å²) in [6, 6.07) is 0. The molecule has 2 rings (SSSR count). The van der Waals surface area contributed by atoms with Gasteiger partial charge in [-0.05, 0) is 69.6 Å². The Morgan fingerprint density at radius 1 is 1.25 bits per heavy atom. The van der Waals surface area contributed by atoms with Crippen molar-refractivity contribution < 1.29 is 28.6 Å². The van der Waals surface area contributed by atoms with Crippen LogP contribution in [0.15, 0.2) is 12.2 Å². The molecule has 2 aliphatic rings. The van der Waals surface area contributed by atoms with Crippen LogP contribution in [0.2, 0.25) is 0 Å². The highest BCUT2D eigenvalue weighted by Crippen LogP contribution is 2.40. The molecule has 1 aliphatic carbocycles. The Morgan fingerprint density at radius 3 is 2.72 bits per heavy atom. The summed E-state index contributed by atoms with van der Waals surface area (Å²) in [7, 11) is 0. The van der Waals surface area contributed by atoms with Gasteiger partial charge in [-0.1, -0.05) is 45.3 Å². The Kier molecular flexibility index (Phi) is 12.5. The number of hydrogen-bond acceptors (Lipinski definition) is 4. The highest BCUT2D eigenvalue weighted by Gasteiger charge is 2.38. The molecule has 184 valence electrons. The number of carbonyl (C=O) groups is 2. The first-order valence-electron chi connectivity index (χ1n) is 12.7. The largest absolute Gasteiger partial charge is 0.479 e. The minimum Gasteiger partial charge on any atom is -0.479 e. The average Bonchev–Trinajstić information content (AvgIpc) is 3.04. The van der Waals surface area contributed by atoms with Crippen molar-refractivity contribution in [2.75, 3.05) is 6.61 Å². The number of Topliss-reactive ketones (excluding diaryl/α,β-unsaturated/α-hetero) is 1. The lowest BCUT2D eigenvalue weighted by atomic mass is 9.83. The molecule has 5 nitrogen and oxygen atoms in total. The number of alkyl halides is 1. The second kappa shape index (κ2) is 14.8. The highest BCUT2D eigenvalue weighted by atomic mass is 19.1. The minimum atomic E-state index is -0.961. The van der Waals surface area contributed by atoms with Crippen molar-refractivity contribution in [3.63, 3.8) is 0 Å². The zero-order chi connectivity index (χ0) is 23.3. The minimum absolute atomic E-state index is 0.0112. The molecule has 0 radical (unpaired) electrons. The van der Waals surface area contributed by atoms with Gasteiger partial charge in [-0.25, -0.2) is 9.18 Å². The Balaban J connectivity index is 1.74. The number of halogens is 1. The van der Waals surface area contributed by atoms with Gasteiger partial charge >= 0.3 is 5.97 Å². The molecule has 1 aliphatic heterocycles. The quantitative estimate of drug-likeness (QED) is 0.296. The summed E-state index contributed by atoms with van der Waals surface area (Å²) in [5, 5.41) is 9.42. The smallest absolute Gasteiger partial charge is 0.332 e. The Morgan fingerprint density at radius 2 is 2.03 bits per heavy atom. The molecule has 32 heavy (non-hydrogen) atoms. The first-order chi connectivity index (χ1) is 15.4. The number of carboxylic acid groups (broad SMARTS) is 1. The predicted molar refractivity (Wildman–Crippen MR) is 123 cm³/mol. The maximum absolute atomic E-state index is 14.0. The van der Waals surface area contributed by atoms with Crippen molar-refractivity contribution >= 4 is 11.8 Å². The second-order valence-corrected chi connectivity index (χ2v) is 9.63. The van der Waals surface area contributed by atoms with Crippen LogP contribution in [-0.4, -0.2) is 42.0 Å². The fourth-order valence-corrected chi connectivity index (χ4v) is 5.05. The SMILES string of the molecule is CCCC[C@@H](F)CCC[C@H]1[C@H](C)CC(=O)[C@@H]1CC=CCCC(OC1CCCCO1)C(=O)O. The number of aliphatic carboxylic acids is 1. The van der Waals surface area contributed by atoms with E-state index in [1.807, 2.05) is 12.2 Å². The summed E-state index contributed by atoms with van der Waals surface area (Å²) in [6.07, 6.45) is 12.0. The molecule has 0 aromatic carbocycles. The number of unbranched alkanes of at least 4 members (excludes halogenated alkanes) is 1. The molecule has 1 saturated heterocycles. The fraction of sp³-hybridized carbons (Fsp3) is 0.846. The molecule has 2 fully saturated rings. The lowest BCUT2D eigenvalue weighted by Gasteiger charge is -2.25. The van der Waals surface area contributed by atoms with E-state index < -0.39 is 24.5 Å². The third kappa shape index (κ3) is 9.30. The summed E-state index contributed by atoms with van der Waals surface area (Å²) in [5.74, 6) is 0.0461. The van der Waals surface area contributed by atoms with Crippen LogP contribution in [0.4, 0.5) is 4.39 Å². The van der Waals surface area contributed by atoms with Crippen molar-refractivity contribution in [3.05, 3.63) is 12.2 Å². The van der Waals surface area contributed by atoms with Crippen LogP contribution in [0.3, 0.4) is 0 Å². The molecule has 6 atom stereocenters. The molecule has 0 bridgehead atoms. The number of allylic oxidation sites excluding steroid dienone is 2. The van der Waals surface area contributed by atoms with Gasteiger partial charge < -0.3 is 14.6 Å². The van der Waals surface area contributed by atoms with Gasteiger partial charge in [0, 0.05) is 18.9 Å². The van der Waals surface area contributed by atoms with Gasteiger partial charge in [0.25, 0.3) is 0 Å². The van der Waals surface area contributed by atoms with E-state index in [1.54, 1.807) is 0 Å². The molecule has 0 amide bonds. The van der Waals surface area contributed by atoms with Crippen LogP contribution in [0.5, 0.6) is 0 Å². The summed E-state index contributed by atoms with van der Waals surface area (Å²) >= 11 is 0. The van der Waals surface area contributed by atoms with Crippen molar-refractivity contribution in [2.24, 2.45) is 17.8 Å². The number of carboxylic acids is 1. The van der Waals surface area contributed by atoms with E-state index in [-0.39, 0.29) is 5.92 Å². The van der Waals surface area contributed by atoms with Crippen molar-refractivity contribution in [2.45, 2.75) is 116 Å². The summed E-state index contributed by atoms with van der Waals surface area (Å²) in [5.41, 5.74) is 0. The van der Waals surface area contributed by atoms with Gasteiger partial charge in [0.15, 0.2) is 12.4 Å². The number of carbonyl (C=O) groups excluding carboxylic acids is 1. The maximum Gasteiger partial charge on any atom is 0.332 e. The van der Waals surface area contributed by atoms with Crippen LogP contribution in [0.25, 0.3) is 0 Å². The number of ether oxygens (including phenoxy) is 2. The van der Waals surface area contributed by atoms with E-state index in [4.69, 9.17) is 9.47 Å². The van der Waals surface area contributed by atoms with Gasteiger partial charge in [-0.2, -0.15) is 0 Å². The van der Waals surface area contributed by atoms with Gasteiger partial charge in [-0.3, -0.25) is 4.79 Å². The molecular formula is C26H43FO5. The second-order valence-electron chi connectivity index (χ2n) is 9.63. The highest BCUT2D eigenvalue weighted by molar-refractivity contribution is 5.84. The van der Waals surface area contributed by atoms with E-state index in [0.29, 0.717) is 62.8 Å². The lowest BCUT2D eigenvalue weighted by Crippen LogP contribution is -2.32. The van der Waals surface area contributed by atoms with Gasteiger partial charge in [0.05, 0.1) is 0 Å². The zero-order valence-corrected chi connectivity index (χ0v) is 20.0. The number of rotatable bonds is 15. The monoisotopic (exact) mass is 454 g/mol. The third-order valence-electron chi connectivity index (χ3n) is 6.99. The van der Waals surface area contributed by atoms with Crippen LogP contribution >= 0.6 is 0 Å². The first kappa shape index (κ1) is 27.0. The van der Waals surface area contributed by atoms with Gasteiger partial charge in [-0.15, -0.1) is 0 Å². The van der Waals surface area contributed by atoms with Crippen molar-refractivity contribution in [3.8, 4) is 0 Å². The molecule has 6 heteroatoms. The standard InChI is InChI=1S/C26H43FO5/c1-3-4-11-20(27)12-10-14-21-19(2)18-23(28)22(21)13-6-5-7-15-24(26(29)30)32-25-16-8-9-17-31-25/h5-6,19-22,24-25H,3-4,7-18H2,1-2H3,(H,29,30)/t19-,20-,21+,22-,24?,25?/m1/s1. The van der Waals surface area contributed by atoms with E-state index in [0.717, 1.165) is 44.9 Å². The molecule has 0 spiro atoms. The number of ketones is 1. The average molecular weight is 455 g/mol. The van der Waals surface area contributed by atoms with Crippen molar-refractivity contribution in [1.29, 1.82) is 0 Å². The molecule has 1 N–H and O–H groups in total. The van der Waals surface area contributed by atoms with E-state index in [9.17, 15) is 19.1 Å². The van der Waals surface area contributed by atoms with Crippen LogP contribution in [-0.2, 0) is 19.1 Å². The topological polar surface area (TPSA) is 72.8 Å². The number of hydrogen-bond donors (Lipinski definition) is 1.